The lowest BCUT2D eigenvalue weighted by Crippen LogP contribution is -2.40. The van der Waals surface area contributed by atoms with Gasteiger partial charge in [-0.15, -0.1) is 0 Å². The van der Waals surface area contributed by atoms with E-state index in [2.05, 4.69) is 10.6 Å². The fourth-order valence-electron chi connectivity index (χ4n) is 2.15. The van der Waals surface area contributed by atoms with Gasteiger partial charge < -0.3 is 10.6 Å². The smallest absolute Gasteiger partial charge is 0.242 e. The van der Waals surface area contributed by atoms with E-state index in [0.717, 1.165) is 0 Å². The summed E-state index contributed by atoms with van der Waals surface area (Å²) < 4.78 is 38.6. The number of rotatable bonds is 4. The molecule has 1 aliphatic heterocycles. The lowest BCUT2D eigenvalue weighted by molar-refractivity contribution is -0.123. The molecule has 0 spiro atoms. The summed E-state index contributed by atoms with van der Waals surface area (Å²) in [5.74, 6) is -1.81. The number of benzene rings is 1. The van der Waals surface area contributed by atoms with Gasteiger partial charge in [0.25, 0.3) is 0 Å². The topological polar surface area (TPSA) is 41.1 Å². The van der Waals surface area contributed by atoms with Gasteiger partial charge in [-0.05, 0) is 12.5 Å². The summed E-state index contributed by atoms with van der Waals surface area (Å²) in [5, 5.41) is 5.24. The SMILES string of the molecule is O=C(NCc1cccc(Cl)c1F)C1CC(C(F)F)CN1. The molecule has 1 amide bonds. The third-order valence-electron chi connectivity index (χ3n) is 3.32. The Morgan fingerprint density at radius 1 is 1.50 bits per heavy atom. The highest BCUT2D eigenvalue weighted by molar-refractivity contribution is 6.30. The van der Waals surface area contributed by atoms with Crippen LogP contribution in [0.3, 0.4) is 0 Å². The van der Waals surface area contributed by atoms with E-state index in [1.807, 2.05) is 0 Å². The molecule has 0 radical (unpaired) electrons. The second kappa shape index (κ2) is 6.45. The minimum atomic E-state index is -2.44. The van der Waals surface area contributed by atoms with E-state index in [-0.39, 0.29) is 30.1 Å². The number of carbonyl (C=O) groups excluding carboxylic acids is 1. The quantitative estimate of drug-likeness (QED) is 0.896. The van der Waals surface area contributed by atoms with Gasteiger partial charge in [0.1, 0.15) is 5.82 Å². The number of alkyl halides is 2. The van der Waals surface area contributed by atoms with Crippen LogP contribution in [0, 0.1) is 11.7 Å². The van der Waals surface area contributed by atoms with Crippen LogP contribution in [0.1, 0.15) is 12.0 Å². The number of halogens is 4. The molecule has 0 saturated carbocycles. The molecule has 1 aromatic rings. The normalized spacial score (nSPS) is 22.2. The standard InChI is InChI=1S/C13H14ClF3N2O/c14-9-3-1-2-7(11(9)15)5-19-13(20)10-4-8(6-18-10)12(16)17/h1-3,8,10,12,18H,4-6H2,(H,19,20). The average molecular weight is 307 g/mol. The van der Waals surface area contributed by atoms with Crippen LogP contribution in [0.25, 0.3) is 0 Å². The maximum atomic E-state index is 13.6. The van der Waals surface area contributed by atoms with Gasteiger partial charge in [-0.25, -0.2) is 13.2 Å². The Morgan fingerprint density at radius 2 is 2.25 bits per heavy atom. The van der Waals surface area contributed by atoms with E-state index in [1.165, 1.54) is 12.1 Å². The zero-order valence-electron chi connectivity index (χ0n) is 10.5. The van der Waals surface area contributed by atoms with Crippen molar-refractivity contribution in [3.63, 3.8) is 0 Å². The Morgan fingerprint density at radius 3 is 2.90 bits per heavy atom. The first-order valence-electron chi connectivity index (χ1n) is 6.21. The van der Waals surface area contributed by atoms with E-state index < -0.39 is 30.1 Å². The third-order valence-corrected chi connectivity index (χ3v) is 3.61. The first-order valence-corrected chi connectivity index (χ1v) is 6.59. The van der Waals surface area contributed by atoms with Crippen molar-refractivity contribution in [2.75, 3.05) is 6.54 Å². The van der Waals surface area contributed by atoms with Crippen LogP contribution in [0.2, 0.25) is 5.02 Å². The first-order chi connectivity index (χ1) is 9.49. The molecule has 1 saturated heterocycles. The predicted octanol–water partition coefficient (Wildman–Crippen LogP) is 2.34. The molecule has 1 heterocycles. The molecule has 0 aliphatic carbocycles. The molecule has 1 aliphatic rings. The van der Waals surface area contributed by atoms with Gasteiger partial charge in [-0.1, -0.05) is 23.7 Å². The van der Waals surface area contributed by atoms with E-state index >= 15 is 0 Å². The molecule has 2 N–H and O–H groups in total. The maximum absolute atomic E-state index is 13.6. The number of amides is 1. The van der Waals surface area contributed by atoms with Gasteiger partial charge in [0.15, 0.2) is 0 Å². The predicted molar refractivity (Wildman–Crippen MR) is 69.2 cm³/mol. The van der Waals surface area contributed by atoms with E-state index in [0.29, 0.717) is 0 Å². The van der Waals surface area contributed by atoms with Crippen LogP contribution in [-0.4, -0.2) is 24.9 Å². The van der Waals surface area contributed by atoms with E-state index in [9.17, 15) is 18.0 Å². The van der Waals surface area contributed by atoms with Gasteiger partial charge in [-0.3, -0.25) is 4.79 Å². The average Bonchev–Trinajstić information content (AvgIpc) is 2.90. The van der Waals surface area contributed by atoms with Crippen LogP contribution >= 0.6 is 11.6 Å². The van der Waals surface area contributed by atoms with Crippen molar-refractivity contribution in [1.29, 1.82) is 0 Å². The minimum absolute atomic E-state index is 0.0199. The summed E-state index contributed by atoms with van der Waals surface area (Å²) >= 11 is 5.63. The Labute approximate surface area is 119 Å². The highest BCUT2D eigenvalue weighted by atomic mass is 35.5. The molecule has 0 aromatic heterocycles. The molecule has 3 nitrogen and oxygen atoms in total. The Hall–Kier alpha value is -1.27. The van der Waals surface area contributed by atoms with E-state index in [4.69, 9.17) is 11.6 Å². The molecule has 2 unspecified atom stereocenters. The van der Waals surface area contributed by atoms with Crippen molar-refractivity contribution >= 4 is 17.5 Å². The molecule has 2 atom stereocenters. The van der Waals surface area contributed by atoms with Crippen LogP contribution in [0.5, 0.6) is 0 Å². The Kier molecular flexibility index (Phi) is 4.88. The fraction of sp³-hybridized carbons (Fsp3) is 0.462. The summed E-state index contributed by atoms with van der Waals surface area (Å²) in [6.45, 7) is 0.0873. The molecular formula is C13H14ClF3N2O. The van der Waals surface area contributed by atoms with Crippen LogP contribution in [0.15, 0.2) is 18.2 Å². The second-order valence-corrected chi connectivity index (χ2v) is 5.13. The molecule has 20 heavy (non-hydrogen) atoms. The number of hydrogen-bond acceptors (Lipinski definition) is 2. The first kappa shape index (κ1) is 15.1. The highest BCUT2D eigenvalue weighted by Crippen LogP contribution is 2.21. The summed E-state index contributed by atoms with van der Waals surface area (Å²) in [6, 6.07) is 3.84. The fourth-order valence-corrected chi connectivity index (χ4v) is 2.34. The van der Waals surface area contributed by atoms with Crippen molar-refractivity contribution < 1.29 is 18.0 Å². The van der Waals surface area contributed by atoms with Crippen molar-refractivity contribution in [1.82, 2.24) is 10.6 Å². The van der Waals surface area contributed by atoms with Gasteiger partial charge in [-0.2, -0.15) is 0 Å². The molecule has 1 fully saturated rings. The molecular weight excluding hydrogens is 293 g/mol. The zero-order chi connectivity index (χ0) is 14.7. The van der Waals surface area contributed by atoms with Crippen LogP contribution in [-0.2, 0) is 11.3 Å². The van der Waals surface area contributed by atoms with Gasteiger partial charge in [0, 0.05) is 24.6 Å². The molecule has 7 heteroatoms. The second-order valence-electron chi connectivity index (χ2n) is 4.72. The van der Waals surface area contributed by atoms with Gasteiger partial charge >= 0.3 is 0 Å². The highest BCUT2D eigenvalue weighted by Gasteiger charge is 2.34. The summed E-state index contributed by atoms with van der Waals surface area (Å²) in [5.41, 5.74) is 0.259. The Bertz CT molecular complexity index is 499. The number of carbonyl (C=O) groups is 1. The lowest BCUT2D eigenvalue weighted by Gasteiger charge is -2.12. The zero-order valence-corrected chi connectivity index (χ0v) is 11.3. The van der Waals surface area contributed by atoms with Crippen molar-refractivity contribution in [3.8, 4) is 0 Å². The monoisotopic (exact) mass is 306 g/mol. The van der Waals surface area contributed by atoms with Crippen LogP contribution in [0.4, 0.5) is 13.2 Å². The summed E-state index contributed by atoms with van der Waals surface area (Å²) in [7, 11) is 0. The molecule has 0 bridgehead atoms. The van der Waals surface area contributed by atoms with E-state index in [1.54, 1.807) is 6.07 Å². The van der Waals surface area contributed by atoms with Crippen molar-refractivity contribution in [3.05, 3.63) is 34.6 Å². The van der Waals surface area contributed by atoms with Gasteiger partial charge in [0.2, 0.25) is 12.3 Å². The maximum Gasteiger partial charge on any atom is 0.242 e. The molecule has 1 aromatic carbocycles. The Balaban J connectivity index is 1.88. The van der Waals surface area contributed by atoms with Crippen LogP contribution < -0.4 is 10.6 Å². The number of nitrogens with one attached hydrogen (secondary N) is 2. The molecule has 110 valence electrons. The van der Waals surface area contributed by atoms with Crippen molar-refractivity contribution in [2.24, 2.45) is 5.92 Å². The molecule has 2 rings (SSSR count). The van der Waals surface area contributed by atoms with Gasteiger partial charge in [0.05, 0.1) is 11.1 Å². The van der Waals surface area contributed by atoms with Crippen molar-refractivity contribution in [2.45, 2.75) is 25.4 Å². The summed E-state index contributed by atoms with van der Waals surface area (Å²) in [4.78, 5) is 11.8. The largest absolute Gasteiger partial charge is 0.351 e. The third kappa shape index (κ3) is 3.43. The summed E-state index contributed by atoms with van der Waals surface area (Å²) in [6.07, 6.45) is -2.35. The lowest BCUT2D eigenvalue weighted by atomic mass is 10.1. The minimum Gasteiger partial charge on any atom is -0.351 e. The number of hydrogen-bond donors (Lipinski definition) is 2.